The van der Waals surface area contributed by atoms with E-state index in [0.29, 0.717) is 10.8 Å². The molecule has 1 rings (SSSR count). The quantitative estimate of drug-likeness (QED) is 0.776. The molecular formula is C11H12Br2O2S. The summed E-state index contributed by atoms with van der Waals surface area (Å²) in [4.78, 5) is 11.9. The van der Waals surface area contributed by atoms with E-state index in [9.17, 15) is 4.79 Å². The van der Waals surface area contributed by atoms with Crippen molar-refractivity contribution in [2.45, 2.75) is 30.4 Å². The molecule has 1 aromatic rings. The third-order valence-corrected chi connectivity index (χ3v) is 4.89. The van der Waals surface area contributed by atoms with Gasteiger partial charge in [0.2, 0.25) is 0 Å². The molecule has 0 heterocycles. The lowest BCUT2D eigenvalue weighted by atomic mass is 10.2. The highest BCUT2D eigenvalue weighted by molar-refractivity contribution is 9.11. The van der Waals surface area contributed by atoms with Crippen molar-refractivity contribution in [1.29, 1.82) is 0 Å². The Hall–Kier alpha value is -0.000000000000000111. The van der Waals surface area contributed by atoms with Gasteiger partial charge in [-0.2, -0.15) is 0 Å². The van der Waals surface area contributed by atoms with Gasteiger partial charge in [-0.1, -0.05) is 29.8 Å². The highest BCUT2D eigenvalue weighted by Crippen LogP contribution is 2.36. The van der Waals surface area contributed by atoms with E-state index >= 15 is 0 Å². The summed E-state index contributed by atoms with van der Waals surface area (Å²) in [6.45, 7) is 4.18. The molecule has 0 saturated carbocycles. The Morgan fingerprint density at radius 1 is 1.50 bits per heavy atom. The van der Waals surface area contributed by atoms with Crippen LogP contribution < -0.4 is 0 Å². The van der Waals surface area contributed by atoms with Crippen LogP contribution in [0.15, 0.2) is 26.0 Å². The maximum atomic E-state index is 11.1. The van der Waals surface area contributed by atoms with E-state index < -0.39 is 5.97 Å². The van der Waals surface area contributed by atoms with Crippen molar-refractivity contribution in [3.05, 3.63) is 26.6 Å². The van der Waals surface area contributed by atoms with Crippen LogP contribution in [0.25, 0.3) is 0 Å². The summed E-state index contributed by atoms with van der Waals surface area (Å²) in [7, 11) is 0. The molecular weight excluding hydrogens is 356 g/mol. The maximum Gasteiger partial charge on any atom is 0.336 e. The summed E-state index contributed by atoms with van der Waals surface area (Å²) in [6.07, 6.45) is 1.01. The highest BCUT2D eigenvalue weighted by Gasteiger charge is 2.16. The monoisotopic (exact) mass is 366 g/mol. The summed E-state index contributed by atoms with van der Waals surface area (Å²) in [6, 6.07) is 3.51. The summed E-state index contributed by atoms with van der Waals surface area (Å²) in [5.41, 5.74) is 0.339. The number of carboxylic acid groups (broad SMARTS) is 1. The van der Waals surface area contributed by atoms with Crippen molar-refractivity contribution in [3.8, 4) is 0 Å². The first-order valence-electron chi connectivity index (χ1n) is 4.84. The van der Waals surface area contributed by atoms with Gasteiger partial charge in [-0.25, -0.2) is 4.79 Å². The van der Waals surface area contributed by atoms with E-state index in [1.54, 1.807) is 17.8 Å². The van der Waals surface area contributed by atoms with Crippen molar-refractivity contribution in [3.63, 3.8) is 0 Å². The first-order chi connectivity index (χ1) is 7.45. The molecule has 88 valence electrons. The summed E-state index contributed by atoms with van der Waals surface area (Å²) in [5.74, 6) is -0.896. The molecule has 1 atom stereocenters. The van der Waals surface area contributed by atoms with Gasteiger partial charge in [0.1, 0.15) is 0 Å². The second-order valence-corrected chi connectivity index (χ2v) is 6.62. The summed E-state index contributed by atoms with van der Waals surface area (Å²) >= 11 is 8.29. The second-order valence-electron chi connectivity index (χ2n) is 3.41. The molecule has 0 saturated heterocycles. The predicted molar refractivity (Wildman–Crippen MR) is 74.4 cm³/mol. The van der Waals surface area contributed by atoms with Gasteiger partial charge in [-0.15, -0.1) is 11.8 Å². The topological polar surface area (TPSA) is 37.3 Å². The normalized spacial score (nSPS) is 12.5. The predicted octanol–water partition coefficient (Wildman–Crippen LogP) is 4.80. The lowest BCUT2D eigenvalue weighted by Crippen LogP contribution is -2.02. The molecule has 2 nitrogen and oxygen atoms in total. The standard InChI is InChI=1S/C11H12Br2O2S/c1-3-6(2)16-10-8(11(14)15)4-7(12)5-9(10)13/h4-6H,3H2,1-2H3,(H,14,15). The average Bonchev–Trinajstić information content (AvgIpc) is 2.20. The Balaban J connectivity index is 3.19. The van der Waals surface area contributed by atoms with Crippen molar-refractivity contribution in [2.24, 2.45) is 0 Å². The molecule has 0 aliphatic carbocycles. The number of halogens is 2. The Kier molecular flexibility index (Phi) is 5.34. The zero-order valence-electron chi connectivity index (χ0n) is 8.96. The van der Waals surface area contributed by atoms with Crippen molar-refractivity contribution in [1.82, 2.24) is 0 Å². The van der Waals surface area contributed by atoms with Crippen molar-refractivity contribution >= 4 is 49.6 Å². The van der Waals surface area contributed by atoms with Crippen molar-refractivity contribution < 1.29 is 9.90 Å². The lowest BCUT2D eigenvalue weighted by molar-refractivity contribution is 0.0693. The van der Waals surface area contributed by atoms with Crippen LogP contribution in [0, 0.1) is 0 Å². The second kappa shape index (κ2) is 6.07. The Labute approximate surface area is 116 Å². The number of thioether (sulfide) groups is 1. The first kappa shape index (κ1) is 14.1. The molecule has 0 aliphatic heterocycles. The van der Waals surface area contributed by atoms with Gasteiger partial charge < -0.3 is 5.11 Å². The third-order valence-electron chi connectivity index (χ3n) is 2.13. The molecule has 0 radical (unpaired) electrons. The average molecular weight is 368 g/mol. The maximum absolute atomic E-state index is 11.1. The minimum absolute atomic E-state index is 0.339. The molecule has 1 unspecified atom stereocenters. The van der Waals surface area contributed by atoms with Gasteiger partial charge in [0, 0.05) is 19.1 Å². The lowest BCUT2D eigenvalue weighted by Gasteiger charge is -2.13. The molecule has 0 aliphatic rings. The van der Waals surface area contributed by atoms with Crippen LogP contribution in [0.1, 0.15) is 30.6 Å². The van der Waals surface area contributed by atoms with Crippen LogP contribution in [0.5, 0.6) is 0 Å². The number of benzene rings is 1. The van der Waals surface area contributed by atoms with E-state index in [2.05, 4.69) is 45.7 Å². The van der Waals surface area contributed by atoms with Crippen LogP contribution >= 0.6 is 43.6 Å². The SMILES string of the molecule is CCC(C)Sc1c(Br)cc(Br)cc1C(=O)O. The van der Waals surface area contributed by atoms with Crippen LogP contribution in [0.4, 0.5) is 0 Å². The van der Waals surface area contributed by atoms with Gasteiger partial charge in [0.15, 0.2) is 0 Å². The fourth-order valence-corrected chi connectivity index (χ4v) is 3.64. The largest absolute Gasteiger partial charge is 0.478 e. The van der Waals surface area contributed by atoms with E-state index in [1.165, 1.54) is 0 Å². The van der Waals surface area contributed by atoms with Crippen LogP contribution in [-0.2, 0) is 0 Å². The zero-order valence-corrected chi connectivity index (χ0v) is 12.9. The van der Waals surface area contributed by atoms with Gasteiger partial charge in [-0.05, 0) is 34.5 Å². The molecule has 1 N–H and O–H groups in total. The molecule has 1 aromatic carbocycles. The van der Waals surface area contributed by atoms with Gasteiger partial charge >= 0.3 is 5.97 Å². The molecule has 0 bridgehead atoms. The van der Waals surface area contributed by atoms with Gasteiger partial charge in [0.25, 0.3) is 0 Å². The van der Waals surface area contributed by atoms with Gasteiger partial charge in [0.05, 0.1) is 5.56 Å². The molecule has 5 heteroatoms. The molecule has 0 spiro atoms. The van der Waals surface area contributed by atoms with Crippen LogP contribution in [0.3, 0.4) is 0 Å². The molecule has 0 aromatic heterocycles. The van der Waals surface area contributed by atoms with Crippen LogP contribution in [-0.4, -0.2) is 16.3 Å². The number of hydrogen-bond acceptors (Lipinski definition) is 2. The van der Waals surface area contributed by atoms with E-state index in [4.69, 9.17) is 5.11 Å². The van der Waals surface area contributed by atoms with E-state index in [0.717, 1.165) is 20.3 Å². The van der Waals surface area contributed by atoms with Crippen LogP contribution in [0.2, 0.25) is 0 Å². The fraction of sp³-hybridized carbons (Fsp3) is 0.364. The summed E-state index contributed by atoms with van der Waals surface area (Å²) < 4.78 is 1.59. The number of carbonyl (C=O) groups is 1. The van der Waals surface area contributed by atoms with E-state index in [1.807, 2.05) is 6.07 Å². The van der Waals surface area contributed by atoms with Gasteiger partial charge in [-0.3, -0.25) is 0 Å². The third kappa shape index (κ3) is 3.50. The molecule has 0 amide bonds. The van der Waals surface area contributed by atoms with Crippen molar-refractivity contribution in [2.75, 3.05) is 0 Å². The number of rotatable bonds is 4. The smallest absolute Gasteiger partial charge is 0.336 e. The minimum Gasteiger partial charge on any atom is -0.478 e. The highest BCUT2D eigenvalue weighted by atomic mass is 79.9. The molecule has 0 fully saturated rings. The Morgan fingerprint density at radius 2 is 2.12 bits per heavy atom. The minimum atomic E-state index is -0.896. The number of hydrogen-bond donors (Lipinski definition) is 1. The molecule has 16 heavy (non-hydrogen) atoms. The Morgan fingerprint density at radius 3 is 2.62 bits per heavy atom. The fourth-order valence-electron chi connectivity index (χ4n) is 1.12. The first-order valence-corrected chi connectivity index (χ1v) is 7.31. The Bertz CT molecular complexity index is 407. The number of aromatic carboxylic acids is 1. The van der Waals surface area contributed by atoms with E-state index in [-0.39, 0.29) is 0 Å². The number of carboxylic acids is 1. The summed E-state index contributed by atoms with van der Waals surface area (Å²) in [5, 5.41) is 9.54. The zero-order chi connectivity index (χ0) is 12.3.